The van der Waals surface area contributed by atoms with Gasteiger partial charge in [-0.25, -0.2) is 13.9 Å². The van der Waals surface area contributed by atoms with Crippen LogP contribution in [0.2, 0.25) is 0 Å². The zero-order valence-corrected chi connectivity index (χ0v) is 17.2. The monoisotopic (exact) mass is 428 g/mol. The average molecular weight is 428 g/mol. The van der Waals surface area contributed by atoms with Gasteiger partial charge in [-0.1, -0.05) is 24.3 Å². The molecule has 0 amide bonds. The Bertz CT molecular complexity index is 1470. The molecule has 8 nitrogen and oxygen atoms in total. The number of rotatable bonds is 5. The third-order valence-electron chi connectivity index (χ3n) is 5.14. The van der Waals surface area contributed by atoms with Gasteiger partial charge in [-0.15, -0.1) is 15.3 Å². The quantitative estimate of drug-likeness (QED) is 0.396. The van der Waals surface area contributed by atoms with Gasteiger partial charge in [-0.3, -0.25) is 4.79 Å². The average Bonchev–Trinajstić information content (AvgIpc) is 3.44. The smallest absolute Gasteiger partial charge is 0.198 e. The first kappa shape index (κ1) is 19.6. The third-order valence-corrected chi connectivity index (χ3v) is 5.14. The standard InChI is InChI=1S/C23H17FN6O2/c1-29-13-25-27-22(29)19-10-17(24)6-7-18(19)15-4-3-5-16(9-15)21-26-23-20(32-2)8-14(12-31)11-30(23)28-21/h3-13H,1-2H3. The second-order valence-corrected chi connectivity index (χ2v) is 7.20. The second kappa shape index (κ2) is 7.69. The van der Waals surface area contributed by atoms with Crippen LogP contribution in [0.5, 0.6) is 5.75 Å². The Morgan fingerprint density at radius 3 is 2.66 bits per heavy atom. The number of hydrogen-bond donors (Lipinski definition) is 0. The maximum atomic E-state index is 14.1. The number of carbonyl (C=O) groups excluding carboxylic acids is 1. The van der Waals surface area contributed by atoms with Gasteiger partial charge >= 0.3 is 0 Å². The number of carbonyl (C=O) groups is 1. The highest BCUT2D eigenvalue weighted by Crippen LogP contribution is 2.33. The van der Waals surface area contributed by atoms with Gasteiger partial charge in [0.15, 0.2) is 29.3 Å². The lowest BCUT2D eigenvalue weighted by molar-refractivity contribution is 0.112. The molecule has 3 aromatic heterocycles. The second-order valence-electron chi connectivity index (χ2n) is 7.20. The van der Waals surface area contributed by atoms with Crippen LogP contribution in [0.1, 0.15) is 10.4 Å². The van der Waals surface area contributed by atoms with E-state index >= 15 is 0 Å². The number of methoxy groups -OCH3 is 1. The van der Waals surface area contributed by atoms with Gasteiger partial charge in [0.25, 0.3) is 0 Å². The van der Waals surface area contributed by atoms with E-state index in [1.807, 2.05) is 31.3 Å². The summed E-state index contributed by atoms with van der Waals surface area (Å²) in [6, 6.07) is 13.8. The minimum absolute atomic E-state index is 0.358. The predicted molar refractivity (Wildman–Crippen MR) is 116 cm³/mol. The van der Waals surface area contributed by atoms with Crippen molar-refractivity contribution in [1.29, 1.82) is 0 Å². The predicted octanol–water partition coefficient (Wildman–Crippen LogP) is 3.82. The highest BCUT2D eigenvalue weighted by atomic mass is 19.1. The van der Waals surface area contributed by atoms with Crippen molar-refractivity contribution in [3.63, 3.8) is 0 Å². The summed E-state index contributed by atoms with van der Waals surface area (Å²) in [6.45, 7) is 0. The van der Waals surface area contributed by atoms with Crippen LogP contribution in [-0.2, 0) is 7.05 Å². The first-order chi connectivity index (χ1) is 15.6. The number of halogens is 1. The summed E-state index contributed by atoms with van der Waals surface area (Å²) in [6.07, 6.45) is 3.89. The van der Waals surface area contributed by atoms with Crippen LogP contribution in [0.3, 0.4) is 0 Å². The van der Waals surface area contributed by atoms with Crippen LogP contribution in [0.15, 0.2) is 61.1 Å². The molecule has 0 bridgehead atoms. The number of benzene rings is 2. The molecule has 0 saturated carbocycles. The molecule has 0 spiro atoms. The van der Waals surface area contributed by atoms with Crippen molar-refractivity contribution < 1.29 is 13.9 Å². The van der Waals surface area contributed by atoms with Crippen molar-refractivity contribution in [3.8, 4) is 39.7 Å². The van der Waals surface area contributed by atoms with E-state index in [1.54, 1.807) is 29.2 Å². The summed E-state index contributed by atoms with van der Waals surface area (Å²) < 4.78 is 22.7. The van der Waals surface area contributed by atoms with Crippen molar-refractivity contribution in [2.75, 3.05) is 7.11 Å². The van der Waals surface area contributed by atoms with E-state index < -0.39 is 0 Å². The Kier molecular flexibility index (Phi) is 4.70. The van der Waals surface area contributed by atoms with Gasteiger partial charge in [0.2, 0.25) is 0 Å². The zero-order valence-electron chi connectivity index (χ0n) is 17.2. The Morgan fingerprint density at radius 2 is 1.91 bits per heavy atom. The molecule has 3 heterocycles. The Labute approximate surface area is 181 Å². The first-order valence-corrected chi connectivity index (χ1v) is 9.71. The van der Waals surface area contributed by atoms with Crippen molar-refractivity contribution in [2.24, 2.45) is 7.05 Å². The Morgan fingerprint density at radius 1 is 1.06 bits per heavy atom. The number of nitrogens with zero attached hydrogens (tertiary/aromatic N) is 6. The molecule has 0 unspecified atom stereocenters. The summed E-state index contributed by atoms with van der Waals surface area (Å²) in [5.41, 5.74) is 3.96. The van der Waals surface area contributed by atoms with Crippen molar-refractivity contribution in [2.45, 2.75) is 0 Å². The molecular weight excluding hydrogens is 411 g/mol. The minimum Gasteiger partial charge on any atom is -0.493 e. The molecule has 0 aliphatic heterocycles. The van der Waals surface area contributed by atoms with Gasteiger partial charge in [-0.05, 0) is 35.4 Å². The maximum absolute atomic E-state index is 14.1. The molecular formula is C23H17FN6O2. The number of pyridine rings is 1. The fourth-order valence-corrected chi connectivity index (χ4v) is 3.62. The number of fused-ring (bicyclic) bond motifs is 1. The summed E-state index contributed by atoms with van der Waals surface area (Å²) in [5, 5.41) is 12.6. The molecule has 9 heteroatoms. The number of aryl methyl sites for hydroxylation is 1. The van der Waals surface area contributed by atoms with Crippen LogP contribution in [0.4, 0.5) is 4.39 Å². The molecule has 0 radical (unpaired) electrons. The molecule has 32 heavy (non-hydrogen) atoms. The zero-order chi connectivity index (χ0) is 22.2. The first-order valence-electron chi connectivity index (χ1n) is 9.71. The molecule has 0 aliphatic rings. The Hall–Kier alpha value is -4.40. The van der Waals surface area contributed by atoms with E-state index in [4.69, 9.17) is 4.74 Å². The number of aromatic nitrogens is 6. The van der Waals surface area contributed by atoms with Crippen LogP contribution in [-0.4, -0.2) is 42.8 Å². The van der Waals surface area contributed by atoms with Crippen LogP contribution < -0.4 is 4.74 Å². The SMILES string of the molecule is COc1cc(C=O)cn2nc(-c3cccc(-c4ccc(F)cc4-c4nncn4C)c3)nc12. The largest absolute Gasteiger partial charge is 0.493 e. The lowest BCUT2D eigenvalue weighted by atomic mass is 9.97. The topological polar surface area (TPSA) is 87.2 Å². The van der Waals surface area contributed by atoms with Gasteiger partial charge in [0, 0.05) is 29.9 Å². The highest BCUT2D eigenvalue weighted by molar-refractivity contribution is 5.83. The molecule has 0 N–H and O–H groups in total. The fraction of sp³-hybridized carbons (Fsp3) is 0.0870. The van der Waals surface area contributed by atoms with Crippen LogP contribution in [0.25, 0.3) is 39.5 Å². The highest BCUT2D eigenvalue weighted by Gasteiger charge is 2.16. The molecule has 5 aromatic rings. The summed E-state index contributed by atoms with van der Waals surface area (Å²) in [5.74, 6) is 1.12. The maximum Gasteiger partial charge on any atom is 0.198 e. The van der Waals surface area contributed by atoms with E-state index in [-0.39, 0.29) is 5.82 Å². The molecule has 0 fully saturated rings. The Balaban J connectivity index is 1.64. The van der Waals surface area contributed by atoms with Crippen LogP contribution in [0, 0.1) is 5.82 Å². The van der Waals surface area contributed by atoms with E-state index in [9.17, 15) is 9.18 Å². The molecule has 5 rings (SSSR count). The summed E-state index contributed by atoms with van der Waals surface area (Å²) in [4.78, 5) is 15.8. The molecule has 0 atom stereocenters. The summed E-state index contributed by atoms with van der Waals surface area (Å²) >= 11 is 0. The lowest BCUT2D eigenvalue weighted by Gasteiger charge is -2.10. The molecule has 2 aromatic carbocycles. The van der Waals surface area contributed by atoms with Gasteiger partial charge in [0.05, 0.1) is 7.11 Å². The normalized spacial score (nSPS) is 11.1. The van der Waals surface area contributed by atoms with Crippen LogP contribution >= 0.6 is 0 Å². The molecule has 0 saturated heterocycles. The van der Waals surface area contributed by atoms with Crippen molar-refractivity contribution in [1.82, 2.24) is 29.4 Å². The van der Waals surface area contributed by atoms with E-state index in [0.717, 1.165) is 23.0 Å². The fourth-order valence-electron chi connectivity index (χ4n) is 3.62. The molecule has 158 valence electrons. The van der Waals surface area contributed by atoms with Gasteiger partial charge < -0.3 is 9.30 Å². The van der Waals surface area contributed by atoms with Crippen molar-refractivity contribution >= 4 is 11.9 Å². The number of aldehydes is 1. The number of ether oxygens (including phenoxy) is 1. The molecule has 0 aliphatic carbocycles. The third kappa shape index (κ3) is 3.29. The van der Waals surface area contributed by atoms with Gasteiger partial charge in [0.1, 0.15) is 12.1 Å². The van der Waals surface area contributed by atoms with E-state index in [1.165, 1.54) is 23.8 Å². The summed E-state index contributed by atoms with van der Waals surface area (Å²) in [7, 11) is 3.32. The minimum atomic E-state index is -0.358. The van der Waals surface area contributed by atoms with Gasteiger partial charge in [-0.2, -0.15) is 0 Å². The van der Waals surface area contributed by atoms with Crippen molar-refractivity contribution in [3.05, 3.63) is 72.4 Å². The lowest BCUT2D eigenvalue weighted by Crippen LogP contribution is -1.95. The number of hydrogen-bond acceptors (Lipinski definition) is 6. The van der Waals surface area contributed by atoms with E-state index in [0.29, 0.717) is 34.2 Å². The van der Waals surface area contributed by atoms with E-state index in [2.05, 4.69) is 20.3 Å².